The van der Waals surface area contributed by atoms with E-state index >= 15 is 0 Å². The van der Waals surface area contributed by atoms with Gasteiger partial charge in [-0.3, -0.25) is 4.79 Å². The number of hydrogen-bond acceptors (Lipinski definition) is 2. The molecular formula is C16H30N2O3. The van der Waals surface area contributed by atoms with Crippen LogP contribution < -0.4 is 10.6 Å². The Kier molecular flexibility index (Phi) is 6.99. The van der Waals surface area contributed by atoms with Gasteiger partial charge in [-0.15, -0.1) is 0 Å². The van der Waals surface area contributed by atoms with Gasteiger partial charge in [-0.25, -0.2) is 4.79 Å². The SMILES string of the molecule is CC(C)(C)CC(CNC(=O)NCC1CCCCC1)C(=O)O. The van der Waals surface area contributed by atoms with E-state index in [-0.39, 0.29) is 18.0 Å². The normalized spacial score (nSPS) is 18.0. The predicted molar refractivity (Wildman–Crippen MR) is 83.2 cm³/mol. The van der Waals surface area contributed by atoms with Gasteiger partial charge in [0.15, 0.2) is 0 Å². The fourth-order valence-electron chi connectivity index (χ4n) is 2.89. The lowest BCUT2D eigenvalue weighted by Gasteiger charge is -2.24. The fourth-order valence-corrected chi connectivity index (χ4v) is 2.89. The summed E-state index contributed by atoms with van der Waals surface area (Å²) in [7, 11) is 0. The topological polar surface area (TPSA) is 78.4 Å². The maximum Gasteiger partial charge on any atom is 0.314 e. The molecule has 0 aliphatic heterocycles. The minimum absolute atomic E-state index is 0.0662. The van der Waals surface area contributed by atoms with E-state index in [1.807, 2.05) is 20.8 Å². The van der Waals surface area contributed by atoms with Gasteiger partial charge in [0.2, 0.25) is 0 Å². The first-order valence-electron chi connectivity index (χ1n) is 8.02. The maximum atomic E-state index is 11.8. The predicted octanol–water partition coefficient (Wildman–Crippen LogP) is 3.00. The van der Waals surface area contributed by atoms with Gasteiger partial charge in [-0.1, -0.05) is 40.0 Å². The maximum absolute atomic E-state index is 11.8. The summed E-state index contributed by atoms with van der Waals surface area (Å²) in [6.45, 7) is 6.90. The Morgan fingerprint density at radius 3 is 2.29 bits per heavy atom. The second-order valence-corrected chi connectivity index (χ2v) is 7.39. The molecule has 2 amide bonds. The molecular weight excluding hydrogens is 268 g/mol. The standard InChI is InChI=1S/C16H30N2O3/c1-16(2,3)9-13(14(19)20)11-18-15(21)17-10-12-7-5-4-6-8-12/h12-13H,4-11H2,1-3H3,(H,19,20)(H2,17,18,21). The summed E-state index contributed by atoms with van der Waals surface area (Å²) in [6.07, 6.45) is 6.71. The Hall–Kier alpha value is -1.26. The summed E-state index contributed by atoms with van der Waals surface area (Å²) in [5.41, 5.74) is -0.0662. The van der Waals surface area contributed by atoms with Crippen LogP contribution in [0.4, 0.5) is 4.79 Å². The number of aliphatic carboxylic acids is 1. The van der Waals surface area contributed by atoms with Crippen molar-refractivity contribution in [2.24, 2.45) is 17.3 Å². The fraction of sp³-hybridized carbons (Fsp3) is 0.875. The zero-order chi connectivity index (χ0) is 15.9. The number of carbonyl (C=O) groups excluding carboxylic acids is 1. The second-order valence-electron chi connectivity index (χ2n) is 7.39. The zero-order valence-electron chi connectivity index (χ0n) is 13.6. The molecule has 1 rings (SSSR count). The quantitative estimate of drug-likeness (QED) is 0.705. The molecule has 1 atom stereocenters. The number of amides is 2. The number of carboxylic acid groups (broad SMARTS) is 1. The molecule has 0 aromatic carbocycles. The molecule has 21 heavy (non-hydrogen) atoms. The minimum atomic E-state index is -0.850. The summed E-state index contributed by atoms with van der Waals surface area (Å²) < 4.78 is 0. The summed E-state index contributed by atoms with van der Waals surface area (Å²) in [4.78, 5) is 23.0. The van der Waals surface area contributed by atoms with Crippen LogP contribution in [-0.4, -0.2) is 30.2 Å². The van der Waals surface area contributed by atoms with Gasteiger partial charge in [-0.2, -0.15) is 0 Å². The molecule has 122 valence electrons. The molecule has 1 saturated carbocycles. The average Bonchev–Trinajstić information content (AvgIpc) is 2.41. The molecule has 0 spiro atoms. The average molecular weight is 298 g/mol. The van der Waals surface area contributed by atoms with Crippen molar-refractivity contribution in [3.8, 4) is 0 Å². The van der Waals surface area contributed by atoms with Gasteiger partial charge in [0.1, 0.15) is 0 Å². The summed E-state index contributed by atoms with van der Waals surface area (Å²) in [5, 5.41) is 14.8. The van der Waals surface area contributed by atoms with E-state index < -0.39 is 11.9 Å². The molecule has 5 nitrogen and oxygen atoms in total. The van der Waals surface area contributed by atoms with Crippen LogP contribution in [0.25, 0.3) is 0 Å². The number of rotatable bonds is 6. The van der Waals surface area contributed by atoms with Crippen molar-refractivity contribution < 1.29 is 14.7 Å². The smallest absolute Gasteiger partial charge is 0.314 e. The Morgan fingerprint density at radius 2 is 1.76 bits per heavy atom. The molecule has 0 radical (unpaired) electrons. The first-order valence-corrected chi connectivity index (χ1v) is 8.02. The Balaban J connectivity index is 2.27. The van der Waals surface area contributed by atoms with Crippen molar-refractivity contribution in [2.75, 3.05) is 13.1 Å². The highest BCUT2D eigenvalue weighted by atomic mass is 16.4. The lowest BCUT2D eigenvalue weighted by atomic mass is 9.84. The van der Waals surface area contributed by atoms with Crippen LogP contribution in [0.3, 0.4) is 0 Å². The van der Waals surface area contributed by atoms with Crippen LogP contribution in [0.15, 0.2) is 0 Å². The summed E-state index contributed by atoms with van der Waals surface area (Å²) in [5.74, 6) is -0.808. The minimum Gasteiger partial charge on any atom is -0.481 e. The van der Waals surface area contributed by atoms with E-state index in [0.29, 0.717) is 18.9 Å². The number of hydrogen-bond donors (Lipinski definition) is 3. The molecule has 0 bridgehead atoms. The third-order valence-electron chi connectivity index (χ3n) is 3.99. The van der Waals surface area contributed by atoms with E-state index in [1.54, 1.807) is 0 Å². The van der Waals surface area contributed by atoms with Crippen molar-refractivity contribution >= 4 is 12.0 Å². The van der Waals surface area contributed by atoms with Gasteiger partial charge >= 0.3 is 12.0 Å². The van der Waals surface area contributed by atoms with Gasteiger partial charge in [0.05, 0.1) is 5.92 Å². The van der Waals surface area contributed by atoms with Crippen LogP contribution >= 0.6 is 0 Å². The Morgan fingerprint density at radius 1 is 1.14 bits per heavy atom. The number of carbonyl (C=O) groups is 2. The Bertz CT molecular complexity index is 344. The van der Waals surface area contributed by atoms with Crippen LogP contribution in [0, 0.1) is 17.3 Å². The molecule has 1 fully saturated rings. The number of urea groups is 1. The molecule has 0 saturated heterocycles. The van der Waals surface area contributed by atoms with Crippen molar-refractivity contribution in [1.29, 1.82) is 0 Å². The molecule has 5 heteroatoms. The van der Waals surface area contributed by atoms with Gasteiger partial charge < -0.3 is 15.7 Å². The molecule has 1 unspecified atom stereocenters. The molecule has 0 aromatic heterocycles. The lowest BCUT2D eigenvalue weighted by molar-refractivity contribution is -0.142. The molecule has 1 aliphatic rings. The van der Waals surface area contributed by atoms with E-state index in [2.05, 4.69) is 10.6 Å². The van der Waals surface area contributed by atoms with Crippen LogP contribution in [0.2, 0.25) is 0 Å². The molecule has 3 N–H and O–H groups in total. The van der Waals surface area contributed by atoms with Gasteiger partial charge in [0.25, 0.3) is 0 Å². The van der Waals surface area contributed by atoms with Gasteiger partial charge in [0, 0.05) is 13.1 Å². The van der Waals surface area contributed by atoms with E-state index in [1.165, 1.54) is 32.1 Å². The lowest BCUT2D eigenvalue weighted by Crippen LogP contribution is -2.42. The van der Waals surface area contributed by atoms with Crippen LogP contribution in [-0.2, 0) is 4.79 Å². The summed E-state index contributed by atoms with van der Waals surface area (Å²) in [6, 6.07) is -0.249. The van der Waals surface area contributed by atoms with Crippen molar-refractivity contribution in [3.05, 3.63) is 0 Å². The van der Waals surface area contributed by atoms with E-state index in [0.717, 1.165) is 0 Å². The second kappa shape index (κ2) is 8.25. The third kappa shape index (κ3) is 7.93. The highest BCUT2D eigenvalue weighted by molar-refractivity contribution is 5.75. The van der Waals surface area contributed by atoms with Crippen molar-refractivity contribution in [2.45, 2.75) is 59.3 Å². The zero-order valence-corrected chi connectivity index (χ0v) is 13.6. The summed E-state index contributed by atoms with van der Waals surface area (Å²) >= 11 is 0. The largest absolute Gasteiger partial charge is 0.481 e. The van der Waals surface area contributed by atoms with Crippen molar-refractivity contribution in [3.63, 3.8) is 0 Å². The first kappa shape index (κ1) is 17.8. The molecule has 1 aliphatic carbocycles. The highest BCUT2D eigenvalue weighted by Crippen LogP contribution is 2.24. The van der Waals surface area contributed by atoms with Crippen LogP contribution in [0.5, 0.6) is 0 Å². The van der Waals surface area contributed by atoms with Gasteiger partial charge in [-0.05, 0) is 30.6 Å². The first-order chi connectivity index (χ1) is 9.78. The monoisotopic (exact) mass is 298 g/mol. The number of nitrogens with one attached hydrogen (secondary N) is 2. The van der Waals surface area contributed by atoms with E-state index in [4.69, 9.17) is 0 Å². The van der Waals surface area contributed by atoms with E-state index in [9.17, 15) is 14.7 Å². The van der Waals surface area contributed by atoms with Crippen molar-refractivity contribution in [1.82, 2.24) is 10.6 Å². The molecule has 0 aromatic rings. The number of carboxylic acids is 1. The highest BCUT2D eigenvalue weighted by Gasteiger charge is 2.25. The third-order valence-corrected chi connectivity index (χ3v) is 3.99. The molecule has 0 heterocycles. The Labute approximate surface area is 127 Å². The van der Waals surface area contributed by atoms with Crippen LogP contribution in [0.1, 0.15) is 59.3 Å².